The molecule has 1 amide bonds. The molecule has 0 aliphatic rings. The minimum absolute atomic E-state index is 0.104. The number of amides is 1. The largest absolute Gasteiger partial charge is 0.483 e. The Kier molecular flexibility index (Phi) is 10.3. The van der Waals surface area contributed by atoms with Crippen LogP contribution in [-0.2, 0) is 6.61 Å². The number of hydrogen-bond donors (Lipinski definition) is 3. The van der Waals surface area contributed by atoms with Crippen LogP contribution in [0.3, 0.4) is 0 Å². The van der Waals surface area contributed by atoms with Crippen molar-refractivity contribution >= 4 is 23.2 Å². The number of halogens is 4. The summed E-state index contributed by atoms with van der Waals surface area (Å²) in [5.74, 6) is -7.95. The molecule has 0 spiro atoms. The van der Waals surface area contributed by atoms with E-state index in [2.05, 4.69) is 34.9 Å². The summed E-state index contributed by atoms with van der Waals surface area (Å²) in [4.78, 5) is 14.5. The maximum Gasteiger partial charge on any atom is 0.269 e. The third-order valence-corrected chi connectivity index (χ3v) is 5.04. The number of carbonyl (C=O) groups excluding carboxylic acids is 1. The smallest absolute Gasteiger partial charge is 0.269 e. The first kappa shape index (κ1) is 26.3. The first-order chi connectivity index (χ1) is 15.8. The Morgan fingerprint density at radius 3 is 2.18 bits per heavy atom. The van der Waals surface area contributed by atoms with Gasteiger partial charge < -0.3 is 15.0 Å². The average Bonchev–Trinajstić information content (AvgIpc) is 2.81. The van der Waals surface area contributed by atoms with Crippen molar-refractivity contribution in [2.45, 2.75) is 26.9 Å². The number of thiocarbonyl (C=S) groups is 1. The molecule has 0 aliphatic carbocycles. The second-order valence-corrected chi connectivity index (χ2v) is 7.41. The first-order valence-electron chi connectivity index (χ1n) is 10.4. The number of rotatable bonds is 10. The zero-order valence-corrected chi connectivity index (χ0v) is 19.1. The fraction of sp³-hybridized carbons (Fsp3) is 0.364. The van der Waals surface area contributed by atoms with Crippen molar-refractivity contribution in [3.63, 3.8) is 0 Å². The molecule has 33 heavy (non-hydrogen) atoms. The zero-order valence-electron chi connectivity index (χ0n) is 18.3. The lowest BCUT2D eigenvalue weighted by atomic mass is 10.1. The number of benzene rings is 2. The van der Waals surface area contributed by atoms with Crippen LogP contribution >= 0.6 is 12.2 Å². The highest BCUT2D eigenvalue weighted by Crippen LogP contribution is 2.27. The molecule has 0 saturated heterocycles. The van der Waals surface area contributed by atoms with Gasteiger partial charge in [0, 0.05) is 18.2 Å². The summed E-state index contributed by atoms with van der Waals surface area (Å²) < 4.78 is 58.7. The highest BCUT2D eigenvalue weighted by Gasteiger charge is 2.20. The molecule has 0 saturated carbocycles. The summed E-state index contributed by atoms with van der Waals surface area (Å²) >= 11 is 5.12. The molecule has 0 heterocycles. The van der Waals surface area contributed by atoms with Crippen molar-refractivity contribution in [1.82, 2.24) is 21.1 Å². The molecular weight excluding hydrogens is 460 g/mol. The van der Waals surface area contributed by atoms with Crippen LogP contribution in [-0.4, -0.2) is 42.1 Å². The van der Waals surface area contributed by atoms with Gasteiger partial charge in [0.15, 0.2) is 22.5 Å². The fourth-order valence-corrected chi connectivity index (χ4v) is 3.01. The number of hydrogen-bond acceptors (Lipinski definition) is 4. The maximum absolute atomic E-state index is 13.6. The molecule has 180 valence electrons. The van der Waals surface area contributed by atoms with Gasteiger partial charge in [-0.25, -0.2) is 8.78 Å². The van der Waals surface area contributed by atoms with E-state index in [0.717, 1.165) is 26.1 Å². The second-order valence-electron chi connectivity index (χ2n) is 7.00. The molecule has 6 nitrogen and oxygen atoms in total. The van der Waals surface area contributed by atoms with Crippen LogP contribution in [0.25, 0.3) is 0 Å². The Morgan fingerprint density at radius 2 is 1.61 bits per heavy atom. The molecule has 2 rings (SSSR count). The molecule has 0 aromatic heterocycles. The zero-order chi connectivity index (χ0) is 24.4. The molecule has 0 bridgehead atoms. The molecular formula is C22H26F4N4O2S. The summed E-state index contributed by atoms with van der Waals surface area (Å²) in [6, 6.07) is 5.96. The molecule has 0 radical (unpaired) electrons. The Balaban J connectivity index is 1.79. The van der Waals surface area contributed by atoms with E-state index >= 15 is 0 Å². The van der Waals surface area contributed by atoms with Gasteiger partial charge in [0.05, 0.1) is 0 Å². The summed E-state index contributed by atoms with van der Waals surface area (Å²) in [6.45, 7) is 7.40. The highest BCUT2D eigenvalue weighted by molar-refractivity contribution is 7.80. The van der Waals surface area contributed by atoms with Crippen LogP contribution in [0.4, 0.5) is 17.6 Å². The predicted molar refractivity (Wildman–Crippen MR) is 121 cm³/mol. The Hall–Kier alpha value is -2.92. The summed E-state index contributed by atoms with van der Waals surface area (Å²) in [5, 5.41) is 3.28. The van der Waals surface area contributed by atoms with Crippen molar-refractivity contribution in [2.75, 3.05) is 26.2 Å². The summed E-state index contributed by atoms with van der Waals surface area (Å²) in [7, 11) is 0. The van der Waals surface area contributed by atoms with E-state index in [9.17, 15) is 22.4 Å². The third-order valence-electron chi connectivity index (χ3n) is 4.79. The number of nitrogens with one attached hydrogen (secondary N) is 3. The van der Waals surface area contributed by atoms with Gasteiger partial charge in [-0.2, -0.15) is 8.78 Å². The van der Waals surface area contributed by atoms with Crippen LogP contribution in [0.5, 0.6) is 5.75 Å². The van der Waals surface area contributed by atoms with E-state index in [1.807, 2.05) is 0 Å². The van der Waals surface area contributed by atoms with Crippen LogP contribution in [0.2, 0.25) is 0 Å². The van der Waals surface area contributed by atoms with Gasteiger partial charge >= 0.3 is 0 Å². The predicted octanol–water partition coefficient (Wildman–Crippen LogP) is 3.66. The van der Waals surface area contributed by atoms with E-state index in [1.54, 1.807) is 0 Å². The van der Waals surface area contributed by atoms with Crippen molar-refractivity contribution < 1.29 is 27.1 Å². The SMILES string of the molecule is CCN(CC)CCCNC(=S)NNC(=O)c1ccc(COc2c(F)c(F)cc(F)c2F)cc1. The van der Waals surface area contributed by atoms with Gasteiger partial charge in [0.2, 0.25) is 11.6 Å². The van der Waals surface area contributed by atoms with E-state index < -0.39 is 34.9 Å². The van der Waals surface area contributed by atoms with Gasteiger partial charge in [-0.05, 0) is 56.0 Å². The van der Waals surface area contributed by atoms with Crippen LogP contribution in [0.15, 0.2) is 30.3 Å². The molecule has 2 aromatic carbocycles. The quantitative estimate of drug-likeness (QED) is 0.157. The van der Waals surface area contributed by atoms with E-state index in [1.165, 1.54) is 24.3 Å². The van der Waals surface area contributed by atoms with Crippen LogP contribution in [0, 0.1) is 23.3 Å². The average molecular weight is 487 g/mol. The second kappa shape index (κ2) is 12.9. The van der Waals surface area contributed by atoms with Crippen molar-refractivity contribution in [1.29, 1.82) is 0 Å². The molecule has 0 aliphatic heterocycles. The van der Waals surface area contributed by atoms with Crippen molar-refractivity contribution in [2.24, 2.45) is 0 Å². The van der Waals surface area contributed by atoms with Gasteiger partial charge in [-0.3, -0.25) is 15.6 Å². The lowest BCUT2D eigenvalue weighted by Crippen LogP contribution is -2.47. The molecule has 3 N–H and O–H groups in total. The van der Waals surface area contributed by atoms with Gasteiger partial charge in [0.25, 0.3) is 5.91 Å². The Bertz CT molecular complexity index is 930. The number of nitrogens with zero attached hydrogens (tertiary/aromatic N) is 1. The standard InChI is InChI=1S/C22H26F4N4O2S/c1-3-30(4-2)11-5-10-27-22(33)29-28-21(31)15-8-6-14(7-9-15)13-32-20-18(25)16(23)12-17(24)19(20)26/h6-9,12H,3-5,10-11,13H2,1-2H3,(H,28,31)(H2,27,29,33). The maximum atomic E-state index is 13.6. The normalized spacial score (nSPS) is 10.8. The lowest BCUT2D eigenvalue weighted by Gasteiger charge is -2.18. The summed E-state index contributed by atoms with van der Waals surface area (Å²) in [5.41, 5.74) is 5.77. The van der Waals surface area contributed by atoms with Gasteiger partial charge in [-0.1, -0.05) is 26.0 Å². The summed E-state index contributed by atoms with van der Waals surface area (Å²) in [6.07, 6.45) is 0.900. The van der Waals surface area contributed by atoms with Crippen molar-refractivity contribution in [3.8, 4) is 5.75 Å². The Morgan fingerprint density at radius 1 is 1.00 bits per heavy atom. The minimum atomic E-state index is -1.62. The first-order valence-corrected chi connectivity index (χ1v) is 10.8. The van der Waals surface area contributed by atoms with E-state index in [0.29, 0.717) is 12.1 Å². The van der Waals surface area contributed by atoms with Crippen molar-refractivity contribution in [3.05, 3.63) is 64.7 Å². The highest BCUT2D eigenvalue weighted by atomic mass is 32.1. The number of ether oxygens (including phenoxy) is 1. The van der Waals surface area contributed by atoms with Gasteiger partial charge in [-0.15, -0.1) is 0 Å². The molecule has 11 heteroatoms. The lowest BCUT2D eigenvalue weighted by molar-refractivity contribution is 0.0943. The fourth-order valence-electron chi connectivity index (χ4n) is 2.86. The van der Waals surface area contributed by atoms with E-state index in [4.69, 9.17) is 17.0 Å². The number of hydrazine groups is 1. The topological polar surface area (TPSA) is 65.6 Å². The number of carbonyl (C=O) groups is 1. The van der Waals surface area contributed by atoms with Crippen LogP contribution < -0.4 is 20.9 Å². The van der Waals surface area contributed by atoms with Crippen LogP contribution in [0.1, 0.15) is 36.2 Å². The molecule has 2 aromatic rings. The molecule has 0 unspecified atom stereocenters. The van der Waals surface area contributed by atoms with E-state index in [-0.39, 0.29) is 23.3 Å². The van der Waals surface area contributed by atoms with Gasteiger partial charge in [0.1, 0.15) is 6.61 Å². The minimum Gasteiger partial charge on any atom is -0.483 e. The Labute approximate surface area is 195 Å². The third kappa shape index (κ3) is 7.86. The monoisotopic (exact) mass is 486 g/mol. The molecule has 0 fully saturated rings. The molecule has 0 atom stereocenters.